The molecule has 1 rings (SSSR count). The summed E-state index contributed by atoms with van der Waals surface area (Å²) in [4.78, 5) is 3.91. The van der Waals surface area contributed by atoms with Crippen molar-refractivity contribution in [1.82, 2.24) is 9.71 Å². The van der Waals surface area contributed by atoms with Crippen molar-refractivity contribution >= 4 is 10.0 Å². The largest absolute Gasteiger partial charge is 0.326 e. The first-order valence-corrected chi connectivity index (χ1v) is 6.98. The van der Waals surface area contributed by atoms with Gasteiger partial charge in [0.05, 0.1) is 0 Å². The van der Waals surface area contributed by atoms with Crippen molar-refractivity contribution in [3.63, 3.8) is 0 Å². The van der Waals surface area contributed by atoms with Crippen LogP contribution >= 0.6 is 0 Å². The van der Waals surface area contributed by atoms with E-state index in [1.54, 1.807) is 6.07 Å². The Morgan fingerprint density at radius 3 is 2.47 bits per heavy atom. The first kappa shape index (κ1) is 14.1. The predicted molar refractivity (Wildman–Crippen MR) is 66.8 cm³/mol. The zero-order chi connectivity index (χ0) is 13.1. The minimum Gasteiger partial charge on any atom is -0.326 e. The molecule has 0 aliphatic heterocycles. The van der Waals surface area contributed by atoms with Crippen LogP contribution in [0, 0.1) is 0 Å². The van der Waals surface area contributed by atoms with E-state index >= 15 is 0 Å². The number of hydrogen-bond donors (Lipinski definition) is 2. The highest BCUT2D eigenvalue weighted by molar-refractivity contribution is 7.89. The van der Waals surface area contributed by atoms with E-state index in [2.05, 4.69) is 9.71 Å². The van der Waals surface area contributed by atoms with Gasteiger partial charge in [0.25, 0.3) is 10.0 Å². The molecule has 0 radical (unpaired) electrons. The summed E-state index contributed by atoms with van der Waals surface area (Å²) in [5.41, 5.74) is 5.75. The third-order valence-electron chi connectivity index (χ3n) is 2.60. The highest BCUT2D eigenvalue weighted by Gasteiger charge is 2.25. The minimum atomic E-state index is -3.56. The quantitative estimate of drug-likeness (QED) is 0.824. The van der Waals surface area contributed by atoms with Gasteiger partial charge in [-0.2, -0.15) is 0 Å². The molecule has 1 aromatic rings. The molecule has 0 aliphatic carbocycles. The molecule has 17 heavy (non-hydrogen) atoms. The molecule has 0 saturated heterocycles. The zero-order valence-electron chi connectivity index (χ0n) is 10.4. The van der Waals surface area contributed by atoms with Gasteiger partial charge >= 0.3 is 0 Å². The molecule has 3 N–H and O–H groups in total. The van der Waals surface area contributed by atoms with Gasteiger partial charge in [-0.05, 0) is 31.9 Å². The number of pyridine rings is 1. The Hall–Kier alpha value is -0.980. The first-order chi connectivity index (χ1) is 7.80. The summed E-state index contributed by atoms with van der Waals surface area (Å²) in [6.45, 7) is 5.94. The second-order valence-corrected chi connectivity index (χ2v) is 6.18. The number of sulfonamides is 1. The van der Waals surface area contributed by atoms with E-state index in [4.69, 9.17) is 5.73 Å². The smallest absolute Gasteiger partial charge is 0.258 e. The molecule has 0 atom stereocenters. The molecular weight excluding hydrogens is 238 g/mol. The predicted octanol–water partition coefficient (Wildman–Crippen LogP) is 1.01. The summed E-state index contributed by atoms with van der Waals surface area (Å²) in [6.07, 6.45) is 2.18. The van der Waals surface area contributed by atoms with Gasteiger partial charge in [0.1, 0.15) is 0 Å². The van der Waals surface area contributed by atoms with E-state index < -0.39 is 15.6 Å². The van der Waals surface area contributed by atoms with Gasteiger partial charge in [0, 0.05) is 18.3 Å². The highest BCUT2D eigenvalue weighted by Crippen LogP contribution is 2.13. The lowest BCUT2D eigenvalue weighted by Crippen LogP contribution is -2.42. The zero-order valence-corrected chi connectivity index (χ0v) is 11.2. The van der Waals surface area contributed by atoms with Gasteiger partial charge in [-0.3, -0.25) is 0 Å². The number of hydrogen-bond acceptors (Lipinski definition) is 4. The van der Waals surface area contributed by atoms with Crippen molar-refractivity contribution in [3.05, 3.63) is 23.9 Å². The fraction of sp³-hybridized carbons (Fsp3) is 0.545. The van der Waals surface area contributed by atoms with Crippen LogP contribution in [0.1, 0.15) is 32.8 Å². The van der Waals surface area contributed by atoms with Crippen LogP contribution in [-0.4, -0.2) is 18.9 Å². The third kappa shape index (κ3) is 3.76. The van der Waals surface area contributed by atoms with Crippen molar-refractivity contribution in [3.8, 4) is 0 Å². The first-order valence-electron chi connectivity index (χ1n) is 5.50. The average molecular weight is 257 g/mol. The minimum absolute atomic E-state index is 0.0243. The van der Waals surface area contributed by atoms with E-state index in [1.807, 2.05) is 20.8 Å². The molecule has 0 aliphatic rings. The normalized spacial score (nSPS) is 12.7. The van der Waals surface area contributed by atoms with Crippen molar-refractivity contribution in [1.29, 1.82) is 0 Å². The second kappa shape index (κ2) is 5.12. The summed E-state index contributed by atoms with van der Waals surface area (Å²) in [5, 5.41) is 0.0243. The molecule has 0 bridgehead atoms. The Labute approximate surface area is 102 Å². The van der Waals surface area contributed by atoms with Gasteiger partial charge in [0.15, 0.2) is 5.03 Å². The topological polar surface area (TPSA) is 85.1 Å². The van der Waals surface area contributed by atoms with Crippen molar-refractivity contribution in [2.24, 2.45) is 5.73 Å². The van der Waals surface area contributed by atoms with Gasteiger partial charge in [-0.1, -0.05) is 13.0 Å². The summed E-state index contributed by atoms with van der Waals surface area (Å²) in [6, 6.07) is 3.14. The fourth-order valence-electron chi connectivity index (χ4n) is 1.18. The second-order valence-electron chi connectivity index (χ2n) is 4.55. The highest BCUT2D eigenvalue weighted by atomic mass is 32.2. The molecule has 0 aromatic carbocycles. The number of aromatic nitrogens is 1. The summed E-state index contributed by atoms with van der Waals surface area (Å²) >= 11 is 0. The van der Waals surface area contributed by atoms with E-state index in [-0.39, 0.29) is 5.03 Å². The maximum Gasteiger partial charge on any atom is 0.258 e. The average Bonchev–Trinajstić information content (AvgIpc) is 2.28. The van der Waals surface area contributed by atoms with E-state index in [0.29, 0.717) is 13.0 Å². The van der Waals surface area contributed by atoms with Gasteiger partial charge < -0.3 is 5.73 Å². The molecule has 0 spiro atoms. The molecule has 0 unspecified atom stereocenters. The van der Waals surface area contributed by atoms with Crippen LogP contribution in [-0.2, 0) is 16.6 Å². The van der Waals surface area contributed by atoms with Gasteiger partial charge in [-0.25, -0.2) is 18.1 Å². The Morgan fingerprint density at radius 1 is 1.41 bits per heavy atom. The maximum atomic E-state index is 12.0. The fourth-order valence-corrected chi connectivity index (χ4v) is 2.59. The summed E-state index contributed by atoms with van der Waals surface area (Å²) < 4.78 is 26.6. The van der Waals surface area contributed by atoms with E-state index in [0.717, 1.165) is 5.56 Å². The van der Waals surface area contributed by atoms with Crippen molar-refractivity contribution in [2.45, 2.75) is 44.3 Å². The molecule has 1 aromatic heterocycles. The lowest BCUT2D eigenvalue weighted by molar-refractivity contribution is 0.438. The lowest BCUT2D eigenvalue weighted by Gasteiger charge is -2.23. The van der Waals surface area contributed by atoms with Gasteiger partial charge in [0.2, 0.25) is 0 Å². The van der Waals surface area contributed by atoms with Crippen molar-refractivity contribution < 1.29 is 8.42 Å². The van der Waals surface area contributed by atoms with E-state index in [9.17, 15) is 8.42 Å². The molecule has 1 heterocycles. The Bertz CT molecular complexity index is 466. The number of nitrogens with one attached hydrogen (secondary N) is 1. The maximum absolute atomic E-state index is 12.0. The summed E-state index contributed by atoms with van der Waals surface area (Å²) in [5.74, 6) is 0. The number of nitrogens with two attached hydrogens (primary N) is 1. The van der Waals surface area contributed by atoms with Crippen LogP contribution in [0.2, 0.25) is 0 Å². The number of nitrogens with zero attached hydrogens (tertiary/aromatic N) is 1. The van der Waals surface area contributed by atoms with Crippen LogP contribution in [0.3, 0.4) is 0 Å². The SMILES string of the molecule is CCC(C)(C)NS(=O)(=O)c1ccc(CN)cn1. The monoisotopic (exact) mass is 257 g/mol. The Balaban J connectivity index is 2.97. The molecule has 0 amide bonds. The molecule has 0 saturated carbocycles. The Kier molecular flexibility index (Phi) is 4.24. The molecule has 5 nitrogen and oxygen atoms in total. The van der Waals surface area contributed by atoms with Crippen LogP contribution in [0.5, 0.6) is 0 Å². The van der Waals surface area contributed by atoms with E-state index in [1.165, 1.54) is 12.3 Å². The standard InChI is InChI=1S/C11H19N3O2S/c1-4-11(2,3)14-17(15,16)10-6-5-9(7-12)8-13-10/h5-6,8,14H,4,7,12H2,1-3H3. The van der Waals surface area contributed by atoms with Crippen molar-refractivity contribution in [2.75, 3.05) is 0 Å². The summed E-state index contributed by atoms with van der Waals surface area (Å²) in [7, 11) is -3.56. The van der Waals surface area contributed by atoms with Crippen LogP contribution in [0.15, 0.2) is 23.4 Å². The van der Waals surface area contributed by atoms with Crippen LogP contribution in [0.4, 0.5) is 0 Å². The molecule has 96 valence electrons. The number of rotatable bonds is 5. The third-order valence-corrected chi connectivity index (χ3v) is 4.22. The molecular formula is C11H19N3O2S. The van der Waals surface area contributed by atoms with Gasteiger partial charge in [-0.15, -0.1) is 0 Å². The molecule has 6 heteroatoms. The van der Waals surface area contributed by atoms with Crippen LogP contribution in [0.25, 0.3) is 0 Å². The lowest BCUT2D eigenvalue weighted by atomic mass is 10.0. The van der Waals surface area contributed by atoms with Crippen LogP contribution < -0.4 is 10.5 Å². The Morgan fingerprint density at radius 2 is 2.06 bits per heavy atom. The molecule has 0 fully saturated rings.